The van der Waals surface area contributed by atoms with E-state index in [2.05, 4.69) is 9.88 Å². The third-order valence-corrected chi connectivity index (χ3v) is 6.43. The minimum Gasteiger partial charge on any atom is -0.480 e. The van der Waals surface area contributed by atoms with Crippen LogP contribution in [0.2, 0.25) is 5.02 Å². The SMILES string of the molecule is COc1nc(N2CC3(CCC3)C2)ccc1-c1cc2c(C(=O)O)c[nH]c2cc1Cl. The number of pyridine rings is 1. The van der Waals surface area contributed by atoms with Crippen LogP contribution in [0.1, 0.15) is 29.6 Å². The number of hydrogen-bond donors (Lipinski definition) is 2. The number of aromatic nitrogens is 2. The summed E-state index contributed by atoms with van der Waals surface area (Å²) >= 11 is 6.50. The fourth-order valence-corrected chi connectivity index (χ4v) is 4.68. The number of nitrogens with one attached hydrogen (secondary N) is 1. The average Bonchev–Trinajstić information content (AvgIpc) is 3.01. The Labute approximate surface area is 167 Å². The fourth-order valence-electron chi connectivity index (χ4n) is 4.41. The molecule has 6 nitrogen and oxygen atoms in total. The van der Waals surface area contributed by atoms with Gasteiger partial charge in [0.05, 0.1) is 17.7 Å². The van der Waals surface area contributed by atoms with E-state index in [-0.39, 0.29) is 5.56 Å². The summed E-state index contributed by atoms with van der Waals surface area (Å²) in [7, 11) is 1.59. The second-order valence-electron chi connectivity index (χ2n) is 7.82. The predicted molar refractivity (Wildman–Crippen MR) is 109 cm³/mol. The van der Waals surface area contributed by atoms with Crippen molar-refractivity contribution < 1.29 is 14.6 Å². The van der Waals surface area contributed by atoms with Crippen molar-refractivity contribution >= 4 is 34.3 Å². The van der Waals surface area contributed by atoms with Gasteiger partial charge in [-0.3, -0.25) is 0 Å². The van der Waals surface area contributed by atoms with Gasteiger partial charge in [0.15, 0.2) is 0 Å². The Bertz CT molecular complexity index is 1100. The maximum atomic E-state index is 11.5. The first-order valence-electron chi connectivity index (χ1n) is 9.34. The number of hydrogen-bond acceptors (Lipinski definition) is 4. The van der Waals surface area contributed by atoms with Gasteiger partial charge in [-0.25, -0.2) is 4.79 Å². The minimum atomic E-state index is -0.984. The number of carboxylic acids is 1. The Kier molecular flexibility index (Phi) is 3.81. The molecule has 0 unspecified atom stereocenters. The second-order valence-corrected chi connectivity index (χ2v) is 8.23. The van der Waals surface area contributed by atoms with Crippen LogP contribution in [0.25, 0.3) is 22.0 Å². The van der Waals surface area contributed by atoms with Crippen molar-refractivity contribution in [3.8, 4) is 17.0 Å². The van der Waals surface area contributed by atoms with E-state index in [0.717, 1.165) is 24.5 Å². The molecule has 2 fully saturated rings. The van der Waals surface area contributed by atoms with Gasteiger partial charge >= 0.3 is 5.97 Å². The lowest BCUT2D eigenvalue weighted by molar-refractivity contribution is 0.0699. The highest BCUT2D eigenvalue weighted by atomic mass is 35.5. The number of halogens is 1. The largest absolute Gasteiger partial charge is 0.480 e. The number of methoxy groups -OCH3 is 1. The summed E-state index contributed by atoms with van der Waals surface area (Å²) < 4.78 is 5.56. The van der Waals surface area contributed by atoms with E-state index >= 15 is 0 Å². The highest BCUT2D eigenvalue weighted by Crippen LogP contribution is 2.49. The zero-order chi connectivity index (χ0) is 19.5. The second kappa shape index (κ2) is 6.14. The molecular formula is C21H20ClN3O3. The number of carbonyl (C=O) groups is 1. The summed E-state index contributed by atoms with van der Waals surface area (Å²) in [6.45, 7) is 2.11. The van der Waals surface area contributed by atoms with Gasteiger partial charge in [-0.05, 0) is 37.1 Å². The van der Waals surface area contributed by atoms with Crippen LogP contribution in [-0.2, 0) is 0 Å². The number of benzene rings is 1. The molecule has 2 aromatic heterocycles. The lowest BCUT2D eigenvalue weighted by Crippen LogP contribution is -2.60. The van der Waals surface area contributed by atoms with E-state index < -0.39 is 5.97 Å². The first-order chi connectivity index (χ1) is 13.5. The first kappa shape index (κ1) is 17.4. The summed E-state index contributed by atoms with van der Waals surface area (Å²) in [5.41, 5.74) is 2.86. The summed E-state index contributed by atoms with van der Waals surface area (Å²) in [4.78, 5) is 21.4. The number of rotatable bonds is 4. The highest BCUT2D eigenvalue weighted by Gasteiger charge is 2.47. The number of aromatic amines is 1. The zero-order valence-corrected chi connectivity index (χ0v) is 16.2. The maximum Gasteiger partial charge on any atom is 0.337 e. The molecule has 1 aliphatic carbocycles. The third kappa shape index (κ3) is 2.55. The van der Waals surface area contributed by atoms with Crippen molar-refractivity contribution in [1.82, 2.24) is 9.97 Å². The van der Waals surface area contributed by atoms with Crippen LogP contribution >= 0.6 is 11.6 Å². The molecule has 5 rings (SSSR count). The standard InChI is InChI=1S/C21H20ClN3O3/c1-28-19-12(3-4-18(24-19)25-10-21(11-25)5-2-6-21)13-7-14-15(20(26)27)9-23-17(14)8-16(13)22/h3-4,7-9,23H,2,5-6,10-11H2,1H3,(H,26,27). The Hall–Kier alpha value is -2.73. The molecule has 1 saturated heterocycles. The number of fused-ring (bicyclic) bond motifs is 1. The van der Waals surface area contributed by atoms with Gasteiger partial charge in [0.1, 0.15) is 5.82 Å². The van der Waals surface area contributed by atoms with E-state index in [0.29, 0.717) is 32.8 Å². The lowest BCUT2D eigenvalue weighted by atomic mass is 9.63. The van der Waals surface area contributed by atoms with Crippen LogP contribution in [0.15, 0.2) is 30.5 Å². The van der Waals surface area contributed by atoms with Crippen molar-refractivity contribution in [3.63, 3.8) is 0 Å². The molecule has 3 heterocycles. The number of nitrogens with zero attached hydrogens (tertiary/aromatic N) is 2. The summed E-state index contributed by atoms with van der Waals surface area (Å²) in [5, 5.41) is 10.5. The first-order valence-corrected chi connectivity index (χ1v) is 9.72. The summed E-state index contributed by atoms with van der Waals surface area (Å²) in [6, 6.07) is 7.46. The average molecular weight is 398 g/mol. The van der Waals surface area contributed by atoms with Gasteiger partial charge in [-0.15, -0.1) is 0 Å². The van der Waals surface area contributed by atoms with E-state index in [9.17, 15) is 9.90 Å². The Morgan fingerprint density at radius 2 is 2.07 bits per heavy atom. The van der Waals surface area contributed by atoms with Crippen molar-refractivity contribution in [3.05, 3.63) is 41.0 Å². The van der Waals surface area contributed by atoms with Gasteiger partial charge in [-0.2, -0.15) is 4.98 Å². The quantitative estimate of drug-likeness (QED) is 0.673. The zero-order valence-electron chi connectivity index (χ0n) is 15.5. The molecule has 0 bridgehead atoms. The minimum absolute atomic E-state index is 0.211. The molecule has 2 aliphatic rings. The topological polar surface area (TPSA) is 78.4 Å². The van der Waals surface area contributed by atoms with Gasteiger partial charge in [-0.1, -0.05) is 18.0 Å². The highest BCUT2D eigenvalue weighted by molar-refractivity contribution is 6.34. The molecular weight excluding hydrogens is 378 g/mol. The molecule has 1 spiro atoms. The van der Waals surface area contributed by atoms with E-state index in [1.54, 1.807) is 19.2 Å². The van der Waals surface area contributed by atoms with Crippen LogP contribution in [0.3, 0.4) is 0 Å². The smallest absolute Gasteiger partial charge is 0.337 e. The summed E-state index contributed by atoms with van der Waals surface area (Å²) in [5.74, 6) is 0.409. The molecule has 144 valence electrons. The predicted octanol–water partition coefficient (Wildman–Crippen LogP) is 4.58. The van der Waals surface area contributed by atoms with Crippen LogP contribution in [0.5, 0.6) is 5.88 Å². The summed E-state index contributed by atoms with van der Waals surface area (Å²) in [6.07, 6.45) is 5.45. The monoisotopic (exact) mass is 397 g/mol. The van der Waals surface area contributed by atoms with Gasteiger partial charge in [0, 0.05) is 46.7 Å². The van der Waals surface area contributed by atoms with Gasteiger partial charge < -0.3 is 19.7 Å². The molecule has 1 aliphatic heterocycles. The number of carboxylic acid groups (broad SMARTS) is 1. The molecule has 7 heteroatoms. The molecule has 0 amide bonds. The Morgan fingerprint density at radius 3 is 2.71 bits per heavy atom. The van der Waals surface area contributed by atoms with Crippen molar-refractivity contribution in [2.45, 2.75) is 19.3 Å². The van der Waals surface area contributed by atoms with Gasteiger partial charge in [0.25, 0.3) is 0 Å². The van der Waals surface area contributed by atoms with Crippen molar-refractivity contribution in [2.75, 3.05) is 25.1 Å². The van der Waals surface area contributed by atoms with Crippen molar-refractivity contribution in [1.29, 1.82) is 0 Å². The van der Waals surface area contributed by atoms with Crippen LogP contribution in [-0.4, -0.2) is 41.2 Å². The molecule has 0 radical (unpaired) electrons. The van der Waals surface area contributed by atoms with Crippen LogP contribution < -0.4 is 9.64 Å². The van der Waals surface area contributed by atoms with E-state index in [1.807, 2.05) is 12.1 Å². The number of H-pyrrole nitrogens is 1. The lowest BCUT2D eigenvalue weighted by Gasteiger charge is -2.56. The number of aromatic carboxylic acids is 1. The third-order valence-electron chi connectivity index (χ3n) is 6.12. The maximum absolute atomic E-state index is 11.5. The van der Waals surface area contributed by atoms with E-state index in [1.165, 1.54) is 25.5 Å². The Morgan fingerprint density at radius 1 is 1.29 bits per heavy atom. The van der Waals surface area contributed by atoms with Crippen LogP contribution in [0, 0.1) is 5.41 Å². The Balaban J connectivity index is 1.54. The number of anilines is 1. The molecule has 3 aromatic rings. The fraction of sp³-hybridized carbons (Fsp3) is 0.333. The number of ether oxygens (including phenoxy) is 1. The van der Waals surface area contributed by atoms with Gasteiger partial charge in [0.2, 0.25) is 5.88 Å². The molecule has 2 N–H and O–H groups in total. The van der Waals surface area contributed by atoms with Crippen LogP contribution in [0.4, 0.5) is 5.82 Å². The molecule has 0 atom stereocenters. The normalized spacial score (nSPS) is 17.4. The molecule has 1 saturated carbocycles. The van der Waals surface area contributed by atoms with Crippen molar-refractivity contribution in [2.24, 2.45) is 5.41 Å². The molecule has 1 aromatic carbocycles. The molecule has 28 heavy (non-hydrogen) atoms. The van der Waals surface area contributed by atoms with E-state index in [4.69, 9.17) is 21.3 Å².